The van der Waals surface area contributed by atoms with Crippen LogP contribution in [0.5, 0.6) is 0 Å². The van der Waals surface area contributed by atoms with Crippen LogP contribution >= 0.6 is 12.2 Å². The first-order valence-electron chi connectivity index (χ1n) is 6.10. The number of nitrogens with two attached hydrogens (primary N) is 1. The average molecular weight is 271 g/mol. The van der Waals surface area contributed by atoms with Crippen molar-refractivity contribution in [2.75, 3.05) is 11.9 Å². The maximum Gasteiger partial charge on any atom is 0.129 e. The summed E-state index contributed by atoms with van der Waals surface area (Å²) in [5.74, 6) is 0.869. The molecule has 0 aliphatic rings. The molecule has 2 aromatic rings. The van der Waals surface area contributed by atoms with E-state index in [4.69, 9.17) is 18.0 Å². The van der Waals surface area contributed by atoms with Gasteiger partial charge < -0.3 is 10.6 Å². The molecule has 4 heteroatoms. The molecule has 1 aromatic carbocycles. The molecule has 2 rings (SSSR count). The molecule has 0 saturated carbocycles. The van der Waals surface area contributed by atoms with Crippen LogP contribution in [-0.2, 0) is 6.54 Å². The number of hydrogen-bond acceptors (Lipinski definition) is 3. The van der Waals surface area contributed by atoms with E-state index >= 15 is 0 Å². The van der Waals surface area contributed by atoms with Crippen LogP contribution < -0.4 is 10.6 Å². The normalized spacial score (nSPS) is 10.2. The van der Waals surface area contributed by atoms with E-state index in [9.17, 15) is 0 Å². The zero-order valence-electron chi connectivity index (χ0n) is 11.1. The van der Waals surface area contributed by atoms with E-state index in [-0.39, 0.29) is 0 Å². The number of thiocarbonyl (C=S) groups is 1. The molecule has 0 saturated heterocycles. The second kappa shape index (κ2) is 5.80. The van der Waals surface area contributed by atoms with Gasteiger partial charge in [-0.05, 0) is 30.2 Å². The second-order valence-electron chi connectivity index (χ2n) is 4.53. The highest BCUT2D eigenvalue weighted by atomic mass is 32.1. The van der Waals surface area contributed by atoms with Crippen molar-refractivity contribution >= 4 is 23.0 Å². The third-order valence-corrected chi connectivity index (χ3v) is 3.26. The number of pyridine rings is 1. The summed E-state index contributed by atoms with van der Waals surface area (Å²) in [6, 6.07) is 14.0. The Bertz CT molecular complexity index is 595. The van der Waals surface area contributed by atoms with Gasteiger partial charge in [0.15, 0.2) is 0 Å². The van der Waals surface area contributed by atoms with Crippen molar-refractivity contribution in [2.45, 2.75) is 13.5 Å². The molecule has 0 unspecified atom stereocenters. The lowest BCUT2D eigenvalue weighted by Crippen LogP contribution is -2.20. The summed E-state index contributed by atoms with van der Waals surface area (Å²) in [6.45, 7) is 2.92. The van der Waals surface area contributed by atoms with Gasteiger partial charge in [0.25, 0.3) is 0 Å². The van der Waals surface area contributed by atoms with Crippen LogP contribution in [0.4, 0.5) is 5.82 Å². The van der Waals surface area contributed by atoms with Crippen LogP contribution in [-0.4, -0.2) is 17.0 Å². The molecular weight excluding hydrogens is 254 g/mol. The predicted octanol–water partition coefficient (Wildman–Crippen LogP) is 2.66. The quantitative estimate of drug-likeness (QED) is 0.868. The van der Waals surface area contributed by atoms with Gasteiger partial charge in [-0.25, -0.2) is 4.98 Å². The Kier molecular flexibility index (Phi) is 4.12. The first-order valence-corrected chi connectivity index (χ1v) is 6.51. The van der Waals surface area contributed by atoms with Crippen LogP contribution in [0.15, 0.2) is 42.5 Å². The van der Waals surface area contributed by atoms with Crippen LogP contribution in [0, 0.1) is 6.92 Å². The number of hydrogen-bond donors (Lipinski definition) is 1. The average Bonchev–Trinajstić information content (AvgIpc) is 2.41. The van der Waals surface area contributed by atoms with E-state index in [1.165, 1.54) is 11.1 Å². The minimum absolute atomic E-state index is 0.325. The molecular formula is C15H17N3S. The summed E-state index contributed by atoms with van der Waals surface area (Å²) in [5.41, 5.74) is 8.83. The van der Waals surface area contributed by atoms with Crippen molar-refractivity contribution in [3.63, 3.8) is 0 Å². The Hall–Kier alpha value is -1.94. The molecule has 0 fully saturated rings. The highest BCUT2D eigenvalue weighted by Crippen LogP contribution is 2.15. The Morgan fingerprint density at radius 1 is 1.21 bits per heavy atom. The molecule has 0 amide bonds. The molecule has 0 aliphatic heterocycles. The van der Waals surface area contributed by atoms with Crippen LogP contribution in [0.1, 0.15) is 16.8 Å². The zero-order valence-corrected chi connectivity index (χ0v) is 11.9. The molecule has 2 N–H and O–H groups in total. The lowest BCUT2D eigenvalue weighted by molar-refractivity contribution is 0.890. The molecule has 0 bridgehead atoms. The van der Waals surface area contributed by atoms with Crippen molar-refractivity contribution < 1.29 is 0 Å². The standard InChI is InChI=1S/C15H17N3S/c1-11-6-3-4-7-12(11)10-18(2)14-9-5-8-13(17-14)15(16)19/h3-9H,10H2,1-2H3,(H2,16,19). The van der Waals surface area contributed by atoms with Gasteiger partial charge in [-0.1, -0.05) is 42.5 Å². The summed E-state index contributed by atoms with van der Waals surface area (Å²) in [7, 11) is 2.01. The van der Waals surface area contributed by atoms with Gasteiger partial charge in [-0.15, -0.1) is 0 Å². The van der Waals surface area contributed by atoms with E-state index < -0.39 is 0 Å². The van der Waals surface area contributed by atoms with Crippen molar-refractivity contribution in [1.29, 1.82) is 0 Å². The van der Waals surface area contributed by atoms with Gasteiger partial charge in [0.2, 0.25) is 0 Å². The van der Waals surface area contributed by atoms with Crippen molar-refractivity contribution in [1.82, 2.24) is 4.98 Å². The Balaban J connectivity index is 2.20. The SMILES string of the molecule is Cc1ccccc1CN(C)c1cccc(C(N)=S)n1. The van der Waals surface area contributed by atoms with E-state index in [1.54, 1.807) is 0 Å². The van der Waals surface area contributed by atoms with Crippen LogP contribution in [0.25, 0.3) is 0 Å². The monoisotopic (exact) mass is 271 g/mol. The summed E-state index contributed by atoms with van der Waals surface area (Å²) in [4.78, 5) is 6.87. The summed E-state index contributed by atoms with van der Waals surface area (Å²) in [5, 5.41) is 0. The summed E-state index contributed by atoms with van der Waals surface area (Å²) in [6.07, 6.45) is 0. The number of rotatable bonds is 4. The van der Waals surface area contributed by atoms with Gasteiger partial charge in [-0.3, -0.25) is 0 Å². The zero-order chi connectivity index (χ0) is 13.8. The Morgan fingerprint density at radius 2 is 1.95 bits per heavy atom. The molecule has 0 spiro atoms. The fourth-order valence-electron chi connectivity index (χ4n) is 1.90. The van der Waals surface area contributed by atoms with Crippen molar-refractivity contribution in [2.24, 2.45) is 5.73 Å². The fourth-order valence-corrected chi connectivity index (χ4v) is 2.01. The lowest BCUT2D eigenvalue weighted by atomic mass is 10.1. The highest BCUT2D eigenvalue weighted by Gasteiger charge is 2.07. The van der Waals surface area contributed by atoms with Crippen LogP contribution in [0.3, 0.4) is 0 Å². The van der Waals surface area contributed by atoms with Crippen molar-refractivity contribution in [3.05, 3.63) is 59.3 Å². The number of benzene rings is 1. The number of aromatic nitrogens is 1. The predicted molar refractivity (Wildman–Crippen MR) is 83.4 cm³/mol. The van der Waals surface area contributed by atoms with E-state index in [0.717, 1.165) is 12.4 Å². The maximum atomic E-state index is 5.61. The van der Waals surface area contributed by atoms with Gasteiger partial charge in [0.1, 0.15) is 10.8 Å². The first kappa shape index (κ1) is 13.5. The highest BCUT2D eigenvalue weighted by molar-refractivity contribution is 7.80. The van der Waals surface area contributed by atoms with Crippen LogP contribution in [0.2, 0.25) is 0 Å². The molecule has 98 valence electrons. The minimum Gasteiger partial charge on any atom is -0.388 e. The molecule has 0 aliphatic carbocycles. The topological polar surface area (TPSA) is 42.1 Å². The molecule has 3 nitrogen and oxygen atoms in total. The first-order chi connectivity index (χ1) is 9.08. The van der Waals surface area contributed by atoms with E-state index in [0.29, 0.717) is 10.7 Å². The largest absolute Gasteiger partial charge is 0.388 e. The third kappa shape index (κ3) is 3.29. The molecule has 0 atom stereocenters. The van der Waals surface area contributed by atoms with E-state index in [1.807, 2.05) is 31.3 Å². The molecule has 1 heterocycles. The number of anilines is 1. The third-order valence-electron chi connectivity index (χ3n) is 3.05. The Morgan fingerprint density at radius 3 is 2.63 bits per heavy atom. The fraction of sp³-hybridized carbons (Fsp3) is 0.200. The van der Waals surface area contributed by atoms with Gasteiger partial charge >= 0.3 is 0 Å². The van der Waals surface area contributed by atoms with Crippen molar-refractivity contribution in [3.8, 4) is 0 Å². The summed E-state index contributed by atoms with van der Waals surface area (Å²) >= 11 is 4.96. The lowest BCUT2D eigenvalue weighted by Gasteiger charge is -2.19. The minimum atomic E-state index is 0.325. The Labute approximate surface area is 119 Å². The maximum absolute atomic E-state index is 5.61. The van der Waals surface area contributed by atoms with Gasteiger partial charge in [-0.2, -0.15) is 0 Å². The summed E-state index contributed by atoms with van der Waals surface area (Å²) < 4.78 is 0. The molecule has 1 aromatic heterocycles. The van der Waals surface area contributed by atoms with Gasteiger partial charge in [0, 0.05) is 13.6 Å². The van der Waals surface area contributed by atoms with Gasteiger partial charge in [0.05, 0.1) is 5.69 Å². The second-order valence-corrected chi connectivity index (χ2v) is 4.97. The van der Waals surface area contributed by atoms with E-state index in [2.05, 4.69) is 35.0 Å². The molecule has 0 radical (unpaired) electrons. The number of aryl methyl sites for hydroxylation is 1. The number of nitrogens with zero attached hydrogens (tertiary/aromatic N) is 2. The molecule has 19 heavy (non-hydrogen) atoms. The smallest absolute Gasteiger partial charge is 0.129 e.